The summed E-state index contributed by atoms with van der Waals surface area (Å²) in [5, 5.41) is 12.0. The molecular formula is C15H13N7O3. The quantitative estimate of drug-likeness (QED) is 0.532. The lowest BCUT2D eigenvalue weighted by Gasteiger charge is -2.18. The van der Waals surface area contributed by atoms with Crippen LogP contribution in [0.1, 0.15) is 16.1 Å². The third kappa shape index (κ3) is 2.69. The van der Waals surface area contributed by atoms with Crippen LogP contribution in [0.2, 0.25) is 0 Å². The summed E-state index contributed by atoms with van der Waals surface area (Å²) in [6.07, 6.45) is 1.26. The van der Waals surface area contributed by atoms with Crippen molar-refractivity contribution in [2.75, 3.05) is 17.7 Å². The van der Waals surface area contributed by atoms with Crippen molar-refractivity contribution in [3.63, 3.8) is 0 Å². The highest BCUT2D eigenvalue weighted by atomic mass is 16.5. The maximum absolute atomic E-state index is 12.4. The van der Waals surface area contributed by atoms with E-state index in [1.54, 1.807) is 18.2 Å². The van der Waals surface area contributed by atoms with Gasteiger partial charge in [-0.2, -0.15) is 5.10 Å². The molecule has 126 valence electrons. The van der Waals surface area contributed by atoms with Crippen LogP contribution in [0.15, 0.2) is 24.5 Å². The number of nitrogen functional groups attached to an aromatic ring is 1. The molecule has 1 aliphatic rings. The van der Waals surface area contributed by atoms with Crippen molar-refractivity contribution >= 4 is 34.4 Å². The standard InChI is InChI=1S/C15H13N7O3/c16-14-12-11(21-22-14)13(19-6-18-12)15(24)17-4-7-1-2-9-8(3-7)20-10(23)5-25-9/h1-3,6H,4-5H2,(H,17,24)(H,20,23)(H3,16,21,22). The molecule has 3 aromatic rings. The first-order valence-electron chi connectivity index (χ1n) is 7.40. The number of nitrogens with two attached hydrogens (primary N) is 1. The molecule has 0 fully saturated rings. The Labute approximate surface area is 140 Å². The normalized spacial score (nSPS) is 13.0. The Hall–Kier alpha value is -3.69. The number of carbonyl (C=O) groups is 2. The third-order valence-electron chi connectivity index (χ3n) is 3.72. The Kier molecular flexibility index (Phi) is 3.42. The number of benzene rings is 1. The number of aromatic nitrogens is 4. The summed E-state index contributed by atoms with van der Waals surface area (Å²) in [7, 11) is 0. The zero-order valence-electron chi connectivity index (χ0n) is 12.9. The Bertz CT molecular complexity index is 998. The summed E-state index contributed by atoms with van der Waals surface area (Å²) in [5.41, 5.74) is 7.98. The zero-order chi connectivity index (χ0) is 17.4. The van der Waals surface area contributed by atoms with Crippen LogP contribution in [0, 0.1) is 0 Å². The molecule has 0 aliphatic carbocycles. The van der Waals surface area contributed by atoms with Crippen molar-refractivity contribution in [1.82, 2.24) is 25.5 Å². The van der Waals surface area contributed by atoms with Gasteiger partial charge in [-0.15, -0.1) is 0 Å². The van der Waals surface area contributed by atoms with Crippen molar-refractivity contribution in [1.29, 1.82) is 0 Å². The van der Waals surface area contributed by atoms with Crippen molar-refractivity contribution < 1.29 is 14.3 Å². The number of anilines is 2. The van der Waals surface area contributed by atoms with Crippen molar-refractivity contribution in [2.24, 2.45) is 0 Å². The minimum atomic E-state index is -0.394. The van der Waals surface area contributed by atoms with Crippen LogP contribution in [0.4, 0.5) is 11.5 Å². The average Bonchev–Trinajstić information content (AvgIpc) is 3.00. The molecule has 0 atom stereocenters. The number of rotatable bonds is 3. The second-order valence-corrected chi connectivity index (χ2v) is 5.40. The monoisotopic (exact) mass is 339 g/mol. The fourth-order valence-corrected chi connectivity index (χ4v) is 2.53. The second-order valence-electron chi connectivity index (χ2n) is 5.40. The first-order valence-corrected chi connectivity index (χ1v) is 7.40. The Balaban J connectivity index is 1.52. The molecule has 0 spiro atoms. The smallest absolute Gasteiger partial charge is 0.272 e. The van der Waals surface area contributed by atoms with E-state index in [2.05, 4.69) is 30.8 Å². The van der Waals surface area contributed by atoms with Gasteiger partial charge in [0, 0.05) is 6.54 Å². The van der Waals surface area contributed by atoms with Crippen LogP contribution >= 0.6 is 0 Å². The van der Waals surface area contributed by atoms with E-state index in [0.717, 1.165) is 5.56 Å². The van der Waals surface area contributed by atoms with Gasteiger partial charge < -0.3 is 21.1 Å². The number of nitrogens with one attached hydrogen (secondary N) is 3. The van der Waals surface area contributed by atoms with E-state index in [1.165, 1.54) is 6.33 Å². The number of ether oxygens (including phenoxy) is 1. The topological polar surface area (TPSA) is 148 Å². The van der Waals surface area contributed by atoms with Crippen molar-refractivity contribution in [3.8, 4) is 5.75 Å². The molecule has 10 heteroatoms. The van der Waals surface area contributed by atoms with Gasteiger partial charge in [0.15, 0.2) is 18.1 Å². The minimum Gasteiger partial charge on any atom is -0.482 e. The van der Waals surface area contributed by atoms with Gasteiger partial charge in [0.2, 0.25) is 0 Å². The molecule has 1 aliphatic heterocycles. The van der Waals surface area contributed by atoms with Gasteiger partial charge in [-0.25, -0.2) is 9.97 Å². The molecule has 0 unspecified atom stereocenters. The molecule has 0 radical (unpaired) electrons. The highest BCUT2D eigenvalue weighted by Gasteiger charge is 2.18. The van der Waals surface area contributed by atoms with E-state index in [9.17, 15) is 9.59 Å². The molecule has 2 aromatic heterocycles. The van der Waals surface area contributed by atoms with E-state index in [1.807, 2.05) is 0 Å². The predicted octanol–water partition coefficient (Wildman–Crippen LogP) is 0.196. The van der Waals surface area contributed by atoms with Crippen LogP contribution in [0.3, 0.4) is 0 Å². The van der Waals surface area contributed by atoms with Crippen LogP contribution < -0.4 is 21.1 Å². The summed E-state index contributed by atoms with van der Waals surface area (Å²) >= 11 is 0. The number of aromatic amines is 1. The van der Waals surface area contributed by atoms with Gasteiger partial charge in [0.05, 0.1) is 5.69 Å². The third-order valence-corrected chi connectivity index (χ3v) is 3.72. The summed E-state index contributed by atoms with van der Waals surface area (Å²) in [6.45, 7) is 0.247. The Morgan fingerprint density at radius 1 is 1.36 bits per heavy atom. The molecule has 1 aromatic carbocycles. The van der Waals surface area contributed by atoms with E-state index >= 15 is 0 Å². The number of carbonyl (C=O) groups excluding carboxylic acids is 2. The average molecular weight is 339 g/mol. The van der Waals surface area contributed by atoms with Gasteiger partial charge in [0.25, 0.3) is 11.8 Å². The second kappa shape index (κ2) is 5.74. The van der Waals surface area contributed by atoms with Crippen LogP contribution in [-0.2, 0) is 11.3 Å². The van der Waals surface area contributed by atoms with E-state index in [0.29, 0.717) is 22.5 Å². The lowest BCUT2D eigenvalue weighted by Crippen LogP contribution is -2.26. The molecule has 2 amide bonds. The Morgan fingerprint density at radius 2 is 2.24 bits per heavy atom. The van der Waals surface area contributed by atoms with Gasteiger partial charge in [0.1, 0.15) is 23.1 Å². The molecule has 4 rings (SSSR count). The first kappa shape index (κ1) is 14.9. The molecule has 5 N–H and O–H groups in total. The molecule has 0 bridgehead atoms. The van der Waals surface area contributed by atoms with Gasteiger partial charge >= 0.3 is 0 Å². The van der Waals surface area contributed by atoms with Crippen LogP contribution in [0.25, 0.3) is 11.0 Å². The summed E-state index contributed by atoms with van der Waals surface area (Å²) in [5.74, 6) is 0.194. The highest BCUT2D eigenvalue weighted by Crippen LogP contribution is 2.28. The van der Waals surface area contributed by atoms with Gasteiger partial charge in [-0.1, -0.05) is 6.07 Å². The van der Waals surface area contributed by atoms with Crippen molar-refractivity contribution in [2.45, 2.75) is 6.54 Å². The lowest BCUT2D eigenvalue weighted by molar-refractivity contribution is -0.118. The molecule has 3 heterocycles. The molecular weight excluding hydrogens is 326 g/mol. The number of nitrogens with zero attached hydrogens (tertiary/aromatic N) is 3. The molecule has 25 heavy (non-hydrogen) atoms. The molecule has 0 saturated carbocycles. The van der Waals surface area contributed by atoms with E-state index in [4.69, 9.17) is 10.5 Å². The SMILES string of the molecule is Nc1n[nH]c2c(C(=O)NCc3ccc4c(c3)NC(=O)CO4)ncnc12. The number of amides is 2. The fourth-order valence-electron chi connectivity index (χ4n) is 2.53. The first-order chi connectivity index (χ1) is 12.1. The van der Waals surface area contributed by atoms with Crippen LogP contribution in [-0.4, -0.2) is 38.6 Å². The van der Waals surface area contributed by atoms with Gasteiger partial charge in [-0.3, -0.25) is 14.7 Å². The van der Waals surface area contributed by atoms with Crippen molar-refractivity contribution in [3.05, 3.63) is 35.8 Å². The molecule has 10 nitrogen and oxygen atoms in total. The zero-order valence-corrected chi connectivity index (χ0v) is 12.9. The summed E-state index contributed by atoms with van der Waals surface area (Å²) < 4.78 is 5.30. The largest absolute Gasteiger partial charge is 0.482 e. The summed E-state index contributed by atoms with van der Waals surface area (Å²) in [4.78, 5) is 31.8. The summed E-state index contributed by atoms with van der Waals surface area (Å²) in [6, 6.07) is 5.30. The predicted molar refractivity (Wildman–Crippen MR) is 87.8 cm³/mol. The minimum absolute atomic E-state index is 0.000106. The number of fused-ring (bicyclic) bond motifs is 2. The van der Waals surface area contributed by atoms with E-state index in [-0.39, 0.29) is 30.6 Å². The van der Waals surface area contributed by atoms with Gasteiger partial charge in [-0.05, 0) is 17.7 Å². The van der Waals surface area contributed by atoms with E-state index < -0.39 is 5.91 Å². The number of hydrogen-bond donors (Lipinski definition) is 4. The molecule has 0 saturated heterocycles. The number of H-pyrrole nitrogens is 1. The fraction of sp³-hybridized carbons (Fsp3) is 0.133. The number of hydrogen-bond acceptors (Lipinski definition) is 7. The Morgan fingerprint density at radius 3 is 3.12 bits per heavy atom. The maximum atomic E-state index is 12.4. The van der Waals surface area contributed by atoms with Crippen LogP contribution in [0.5, 0.6) is 5.75 Å². The lowest BCUT2D eigenvalue weighted by atomic mass is 10.1. The highest BCUT2D eigenvalue weighted by molar-refractivity contribution is 6.04. The maximum Gasteiger partial charge on any atom is 0.272 e.